The first kappa shape index (κ1) is 11.4. The van der Waals surface area contributed by atoms with E-state index in [2.05, 4.69) is 0 Å². The Kier molecular flexibility index (Phi) is 2.96. The minimum atomic E-state index is 0.0151. The molecule has 2 rings (SSSR count). The van der Waals surface area contributed by atoms with Crippen LogP contribution in [-0.2, 0) is 0 Å². The van der Waals surface area contributed by atoms with Crippen LogP contribution >= 0.6 is 0 Å². The minimum Gasteiger partial charge on any atom is -0.507 e. The molecule has 0 aliphatic carbocycles. The van der Waals surface area contributed by atoms with Gasteiger partial charge in [0.05, 0.1) is 0 Å². The zero-order chi connectivity index (χ0) is 12.4. The first-order valence-electron chi connectivity index (χ1n) is 5.50. The van der Waals surface area contributed by atoms with Crippen molar-refractivity contribution in [2.75, 3.05) is 0 Å². The number of carbonyl (C=O) groups is 1. The average molecular weight is 226 g/mol. The Morgan fingerprint density at radius 2 is 1.65 bits per heavy atom. The molecule has 0 aliphatic heterocycles. The van der Waals surface area contributed by atoms with Crippen molar-refractivity contribution < 1.29 is 9.90 Å². The fourth-order valence-corrected chi connectivity index (χ4v) is 2.06. The standard InChI is InChI=1S/C15H14O2/c1-10-6-5-8-13(15(10)11(2)16)12-7-3-4-9-14(12)17/h3-9,17H,1-2H3. The quantitative estimate of drug-likeness (QED) is 0.795. The summed E-state index contributed by atoms with van der Waals surface area (Å²) in [5, 5.41) is 9.85. The fourth-order valence-electron chi connectivity index (χ4n) is 2.06. The lowest BCUT2D eigenvalue weighted by atomic mass is 9.93. The van der Waals surface area contributed by atoms with Crippen LogP contribution in [0.3, 0.4) is 0 Å². The lowest BCUT2D eigenvalue weighted by Crippen LogP contribution is -1.99. The van der Waals surface area contributed by atoms with Crippen molar-refractivity contribution >= 4 is 5.78 Å². The van der Waals surface area contributed by atoms with Crippen LogP contribution in [-0.4, -0.2) is 10.9 Å². The number of phenolic OH excluding ortho intramolecular Hbond substituents is 1. The predicted octanol–water partition coefficient (Wildman–Crippen LogP) is 3.57. The number of benzene rings is 2. The maximum atomic E-state index is 11.7. The second-order valence-electron chi connectivity index (χ2n) is 4.07. The number of aryl methyl sites for hydroxylation is 1. The van der Waals surface area contributed by atoms with Crippen LogP contribution in [0.2, 0.25) is 0 Å². The molecule has 0 radical (unpaired) electrons. The second kappa shape index (κ2) is 4.42. The number of hydrogen-bond acceptors (Lipinski definition) is 2. The predicted molar refractivity (Wildman–Crippen MR) is 68.3 cm³/mol. The molecule has 0 bridgehead atoms. The second-order valence-corrected chi connectivity index (χ2v) is 4.07. The lowest BCUT2D eigenvalue weighted by Gasteiger charge is -2.11. The van der Waals surface area contributed by atoms with Gasteiger partial charge in [-0.1, -0.05) is 36.4 Å². The third-order valence-corrected chi connectivity index (χ3v) is 2.82. The van der Waals surface area contributed by atoms with E-state index < -0.39 is 0 Å². The zero-order valence-electron chi connectivity index (χ0n) is 9.90. The van der Waals surface area contributed by atoms with E-state index in [0.717, 1.165) is 11.1 Å². The fraction of sp³-hybridized carbons (Fsp3) is 0.133. The van der Waals surface area contributed by atoms with Gasteiger partial charge in [-0.2, -0.15) is 0 Å². The summed E-state index contributed by atoms with van der Waals surface area (Å²) in [5.41, 5.74) is 3.09. The van der Waals surface area contributed by atoms with E-state index in [1.165, 1.54) is 0 Å². The first-order chi connectivity index (χ1) is 8.11. The summed E-state index contributed by atoms with van der Waals surface area (Å²) in [6, 6.07) is 12.7. The van der Waals surface area contributed by atoms with E-state index in [-0.39, 0.29) is 11.5 Å². The van der Waals surface area contributed by atoms with Gasteiger partial charge in [-0.3, -0.25) is 4.79 Å². The molecular weight excluding hydrogens is 212 g/mol. The molecule has 2 aromatic carbocycles. The van der Waals surface area contributed by atoms with Gasteiger partial charge in [-0.05, 0) is 31.0 Å². The van der Waals surface area contributed by atoms with Crippen LogP contribution < -0.4 is 0 Å². The molecule has 0 spiro atoms. The SMILES string of the molecule is CC(=O)c1c(C)cccc1-c1ccccc1O. The summed E-state index contributed by atoms with van der Waals surface area (Å²) in [7, 11) is 0. The van der Waals surface area contributed by atoms with Crippen LogP contribution in [0.15, 0.2) is 42.5 Å². The van der Waals surface area contributed by atoms with Gasteiger partial charge in [-0.15, -0.1) is 0 Å². The van der Waals surface area contributed by atoms with Crippen molar-refractivity contribution in [2.45, 2.75) is 13.8 Å². The van der Waals surface area contributed by atoms with E-state index in [1.807, 2.05) is 37.3 Å². The highest BCUT2D eigenvalue weighted by molar-refractivity contribution is 6.02. The topological polar surface area (TPSA) is 37.3 Å². The molecule has 0 heterocycles. The molecule has 0 atom stereocenters. The van der Waals surface area contributed by atoms with E-state index in [0.29, 0.717) is 11.1 Å². The van der Waals surface area contributed by atoms with E-state index >= 15 is 0 Å². The molecular formula is C15H14O2. The molecule has 17 heavy (non-hydrogen) atoms. The molecule has 0 unspecified atom stereocenters. The number of para-hydroxylation sites is 1. The molecule has 1 N–H and O–H groups in total. The van der Waals surface area contributed by atoms with Crippen LogP contribution in [0, 0.1) is 6.92 Å². The molecule has 0 amide bonds. The summed E-state index contributed by atoms with van der Waals surface area (Å²) >= 11 is 0. The minimum absolute atomic E-state index is 0.0151. The van der Waals surface area contributed by atoms with Gasteiger partial charge in [-0.25, -0.2) is 0 Å². The molecule has 86 valence electrons. The maximum Gasteiger partial charge on any atom is 0.160 e. The molecule has 2 nitrogen and oxygen atoms in total. The van der Waals surface area contributed by atoms with E-state index in [1.54, 1.807) is 19.1 Å². The number of aromatic hydroxyl groups is 1. The summed E-state index contributed by atoms with van der Waals surface area (Å²) < 4.78 is 0. The van der Waals surface area contributed by atoms with Crippen LogP contribution in [0.5, 0.6) is 5.75 Å². The van der Waals surface area contributed by atoms with E-state index in [4.69, 9.17) is 0 Å². The molecule has 0 aliphatic rings. The highest BCUT2D eigenvalue weighted by Gasteiger charge is 2.13. The molecule has 2 heteroatoms. The third-order valence-electron chi connectivity index (χ3n) is 2.82. The Morgan fingerprint density at radius 3 is 2.29 bits per heavy atom. The van der Waals surface area contributed by atoms with Gasteiger partial charge >= 0.3 is 0 Å². The first-order valence-corrected chi connectivity index (χ1v) is 5.50. The van der Waals surface area contributed by atoms with Crippen LogP contribution in [0.25, 0.3) is 11.1 Å². The van der Waals surface area contributed by atoms with Crippen molar-refractivity contribution in [3.63, 3.8) is 0 Å². The number of carbonyl (C=O) groups excluding carboxylic acids is 1. The molecule has 2 aromatic rings. The smallest absolute Gasteiger partial charge is 0.160 e. The Hall–Kier alpha value is -2.09. The summed E-state index contributed by atoms with van der Waals surface area (Å²) in [5.74, 6) is 0.210. The zero-order valence-corrected chi connectivity index (χ0v) is 9.90. The molecule has 0 aromatic heterocycles. The summed E-state index contributed by atoms with van der Waals surface area (Å²) in [6.07, 6.45) is 0. The van der Waals surface area contributed by atoms with Crippen molar-refractivity contribution in [3.8, 4) is 16.9 Å². The number of ketones is 1. The van der Waals surface area contributed by atoms with Crippen LogP contribution in [0.1, 0.15) is 22.8 Å². The summed E-state index contributed by atoms with van der Waals surface area (Å²) in [4.78, 5) is 11.7. The number of rotatable bonds is 2. The Bertz CT molecular complexity index is 571. The van der Waals surface area contributed by atoms with Gasteiger partial charge in [0.25, 0.3) is 0 Å². The highest BCUT2D eigenvalue weighted by atomic mass is 16.3. The van der Waals surface area contributed by atoms with Gasteiger partial charge in [0.15, 0.2) is 5.78 Å². The third kappa shape index (κ3) is 2.07. The molecule has 0 fully saturated rings. The van der Waals surface area contributed by atoms with Gasteiger partial charge in [0.1, 0.15) is 5.75 Å². The van der Waals surface area contributed by atoms with E-state index in [9.17, 15) is 9.90 Å². The number of phenols is 1. The number of hydrogen-bond donors (Lipinski definition) is 1. The van der Waals surface area contributed by atoms with Crippen molar-refractivity contribution in [3.05, 3.63) is 53.6 Å². The number of Topliss-reactive ketones (excluding diaryl/α,β-unsaturated/α-hetero) is 1. The van der Waals surface area contributed by atoms with Crippen molar-refractivity contribution in [1.82, 2.24) is 0 Å². The normalized spacial score (nSPS) is 10.2. The van der Waals surface area contributed by atoms with Gasteiger partial charge in [0.2, 0.25) is 0 Å². The van der Waals surface area contributed by atoms with Crippen molar-refractivity contribution in [1.29, 1.82) is 0 Å². The Morgan fingerprint density at radius 1 is 1.00 bits per heavy atom. The summed E-state index contributed by atoms with van der Waals surface area (Å²) in [6.45, 7) is 3.45. The van der Waals surface area contributed by atoms with Crippen LogP contribution in [0.4, 0.5) is 0 Å². The average Bonchev–Trinajstić information content (AvgIpc) is 2.28. The van der Waals surface area contributed by atoms with Gasteiger partial charge in [0, 0.05) is 11.1 Å². The monoisotopic (exact) mass is 226 g/mol. The Balaban J connectivity index is 2.72. The molecule has 0 saturated heterocycles. The highest BCUT2D eigenvalue weighted by Crippen LogP contribution is 2.32. The lowest BCUT2D eigenvalue weighted by molar-refractivity contribution is 0.101. The Labute approximate surface area is 101 Å². The van der Waals surface area contributed by atoms with Gasteiger partial charge < -0.3 is 5.11 Å². The largest absolute Gasteiger partial charge is 0.507 e. The molecule has 0 saturated carbocycles. The maximum absolute atomic E-state index is 11.7. The van der Waals surface area contributed by atoms with Crippen molar-refractivity contribution in [2.24, 2.45) is 0 Å².